The van der Waals surface area contributed by atoms with Gasteiger partial charge in [0.1, 0.15) is 23.1 Å². The molecule has 4 aromatic rings. The van der Waals surface area contributed by atoms with Crippen molar-refractivity contribution in [1.82, 2.24) is 24.4 Å². The Kier molecular flexibility index (Phi) is 7.59. The first kappa shape index (κ1) is 29.9. The molecule has 0 spiro atoms. The number of amides is 1. The fourth-order valence-corrected chi connectivity index (χ4v) is 6.28. The first-order valence-electron chi connectivity index (χ1n) is 13.2. The predicted molar refractivity (Wildman–Crippen MR) is 154 cm³/mol. The lowest BCUT2D eigenvalue weighted by molar-refractivity contribution is -0.128. The summed E-state index contributed by atoms with van der Waals surface area (Å²) in [6, 6.07) is 4.38. The van der Waals surface area contributed by atoms with Gasteiger partial charge in [0.15, 0.2) is 21.3 Å². The summed E-state index contributed by atoms with van der Waals surface area (Å²) in [4.78, 5) is 41.9. The molecule has 0 aliphatic carbocycles. The van der Waals surface area contributed by atoms with Crippen LogP contribution in [0.1, 0.15) is 19.5 Å². The molecule has 1 aliphatic heterocycles. The molecule has 2 atom stereocenters. The van der Waals surface area contributed by atoms with E-state index >= 15 is 4.39 Å². The summed E-state index contributed by atoms with van der Waals surface area (Å²) in [5, 5.41) is -0.0251. The molecule has 1 aliphatic rings. The van der Waals surface area contributed by atoms with E-state index in [1.807, 2.05) is 0 Å². The number of aryl methyl sites for hydroxylation is 1. The summed E-state index contributed by atoms with van der Waals surface area (Å²) >= 11 is 0. The average Bonchev–Trinajstić information content (AvgIpc) is 2.93. The number of halogens is 3. The standard InChI is InChI=1S/C29H27F3N6O4S/c1-6-23(39)36-13-16(3)37(14-15(36)2)27-18-12-21(32)25(24-19(30)8-7-9-20(24)31)34-28(18)38(29(40)35-27)26-17(4)33-11-10-22(26)43(5,41)42/h6-12,15-16H,1,13-14H2,2-5H3/t15-,16-/m0/s1. The minimum absolute atomic E-state index is 0.00991. The Morgan fingerprint density at radius 3 is 2.35 bits per heavy atom. The van der Waals surface area contributed by atoms with E-state index in [0.717, 1.165) is 35.1 Å². The van der Waals surface area contributed by atoms with Gasteiger partial charge in [-0.05, 0) is 51.1 Å². The van der Waals surface area contributed by atoms with Gasteiger partial charge in [-0.3, -0.25) is 9.78 Å². The van der Waals surface area contributed by atoms with Crippen molar-refractivity contribution in [2.24, 2.45) is 0 Å². The number of piperazine rings is 1. The van der Waals surface area contributed by atoms with Crippen molar-refractivity contribution >= 4 is 32.6 Å². The molecule has 0 saturated carbocycles. The number of hydrogen-bond acceptors (Lipinski definition) is 8. The van der Waals surface area contributed by atoms with Gasteiger partial charge in [-0.25, -0.2) is 35.9 Å². The number of fused-ring (bicyclic) bond motifs is 1. The van der Waals surface area contributed by atoms with Gasteiger partial charge in [-0.1, -0.05) is 12.6 Å². The second-order valence-corrected chi connectivity index (χ2v) is 12.4. The first-order chi connectivity index (χ1) is 20.2. The van der Waals surface area contributed by atoms with E-state index in [1.165, 1.54) is 25.3 Å². The molecule has 4 heterocycles. The minimum Gasteiger partial charge on any atom is -0.349 e. The van der Waals surface area contributed by atoms with Gasteiger partial charge in [0.2, 0.25) is 5.91 Å². The summed E-state index contributed by atoms with van der Waals surface area (Å²) in [6.07, 6.45) is 3.40. The monoisotopic (exact) mass is 612 g/mol. The van der Waals surface area contributed by atoms with Crippen molar-refractivity contribution in [3.05, 3.63) is 82.8 Å². The van der Waals surface area contributed by atoms with Crippen LogP contribution in [0.4, 0.5) is 19.0 Å². The van der Waals surface area contributed by atoms with Crippen LogP contribution in [0.5, 0.6) is 0 Å². The van der Waals surface area contributed by atoms with Crippen LogP contribution < -0.4 is 10.6 Å². The van der Waals surface area contributed by atoms with Crippen LogP contribution in [-0.4, -0.2) is 70.2 Å². The second kappa shape index (κ2) is 10.9. The number of hydrogen-bond donors (Lipinski definition) is 0. The maximum absolute atomic E-state index is 15.8. The van der Waals surface area contributed by atoms with Gasteiger partial charge < -0.3 is 9.80 Å². The molecule has 224 valence electrons. The average molecular weight is 613 g/mol. The quantitative estimate of drug-likeness (QED) is 0.314. The molecule has 3 aromatic heterocycles. The van der Waals surface area contributed by atoms with Crippen LogP contribution >= 0.6 is 0 Å². The molecule has 0 N–H and O–H groups in total. The highest BCUT2D eigenvalue weighted by molar-refractivity contribution is 7.90. The lowest BCUT2D eigenvalue weighted by Crippen LogP contribution is -2.58. The van der Waals surface area contributed by atoms with Crippen LogP contribution in [-0.2, 0) is 14.6 Å². The van der Waals surface area contributed by atoms with E-state index < -0.39 is 50.3 Å². The lowest BCUT2D eigenvalue weighted by atomic mass is 10.1. The SMILES string of the molecule is C=CC(=O)N1C[C@H](C)N(c2nc(=O)n(-c3c(S(C)(=O)=O)ccnc3C)c3nc(-c4c(F)cccc4F)c(F)cc23)C[C@@H]1C. The third kappa shape index (κ3) is 5.15. The van der Waals surface area contributed by atoms with Gasteiger partial charge in [0.05, 0.1) is 27.2 Å². The van der Waals surface area contributed by atoms with Crippen molar-refractivity contribution in [3.63, 3.8) is 0 Å². The summed E-state index contributed by atoms with van der Waals surface area (Å²) in [5.41, 5.74) is -2.82. The number of aromatic nitrogens is 4. The number of nitrogens with zero attached hydrogens (tertiary/aromatic N) is 6. The number of carbonyl (C=O) groups excluding carboxylic acids is 1. The largest absolute Gasteiger partial charge is 0.355 e. The maximum Gasteiger partial charge on any atom is 0.355 e. The van der Waals surface area contributed by atoms with Crippen LogP contribution in [0.15, 0.2) is 58.9 Å². The molecule has 0 bridgehead atoms. The van der Waals surface area contributed by atoms with E-state index in [4.69, 9.17) is 0 Å². The Hall–Kier alpha value is -4.59. The summed E-state index contributed by atoms with van der Waals surface area (Å²) in [7, 11) is -3.94. The highest BCUT2D eigenvalue weighted by atomic mass is 32.2. The highest BCUT2D eigenvalue weighted by Gasteiger charge is 2.34. The Morgan fingerprint density at radius 2 is 1.72 bits per heavy atom. The molecule has 5 rings (SSSR count). The molecule has 43 heavy (non-hydrogen) atoms. The topological polar surface area (TPSA) is 118 Å². The van der Waals surface area contributed by atoms with Crippen LogP contribution in [0.2, 0.25) is 0 Å². The number of sulfone groups is 1. The number of rotatable bonds is 5. The first-order valence-corrected chi connectivity index (χ1v) is 15.1. The molecule has 1 aromatic carbocycles. The number of anilines is 1. The van der Waals surface area contributed by atoms with E-state index in [2.05, 4.69) is 21.5 Å². The van der Waals surface area contributed by atoms with Crippen LogP contribution in [0.25, 0.3) is 28.0 Å². The molecule has 1 saturated heterocycles. The minimum atomic E-state index is -3.94. The van der Waals surface area contributed by atoms with Crippen molar-refractivity contribution in [3.8, 4) is 16.9 Å². The van der Waals surface area contributed by atoms with E-state index in [0.29, 0.717) is 0 Å². The fourth-order valence-electron chi connectivity index (χ4n) is 5.38. The normalized spacial score (nSPS) is 17.4. The zero-order chi connectivity index (χ0) is 31.4. The number of benzene rings is 1. The molecule has 10 nitrogen and oxygen atoms in total. The summed E-state index contributed by atoms with van der Waals surface area (Å²) < 4.78 is 71.9. The van der Waals surface area contributed by atoms with Gasteiger partial charge in [-0.15, -0.1) is 0 Å². The Bertz CT molecular complexity index is 1960. The van der Waals surface area contributed by atoms with Crippen LogP contribution in [0.3, 0.4) is 0 Å². The van der Waals surface area contributed by atoms with Gasteiger partial charge in [0.25, 0.3) is 0 Å². The third-order valence-corrected chi connectivity index (χ3v) is 8.54. The molecule has 0 radical (unpaired) electrons. The van der Waals surface area contributed by atoms with Gasteiger partial charge >= 0.3 is 5.69 Å². The van der Waals surface area contributed by atoms with E-state index in [1.54, 1.807) is 23.6 Å². The zero-order valence-electron chi connectivity index (χ0n) is 23.7. The maximum atomic E-state index is 15.8. The number of carbonyl (C=O) groups is 1. The molecule has 0 unspecified atom stereocenters. The van der Waals surface area contributed by atoms with Crippen molar-refractivity contribution in [1.29, 1.82) is 0 Å². The fraction of sp³-hybridized carbons (Fsp3) is 0.276. The van der Waals surface area contributed by atoms with Crippen molar-refractivity contribution < 1.29 is 26.4 Å². The molecular weight excluding hydrogens is 585 g/mol. The lowest BCUT2D eigenvalue weighted by Gasteiger charge is -2.44. The Labute approximate surface area is 245 Å². The van der Waals surface area contributed by atoms with E-state index in [-0.39, 0.29) is 58.2 Å². The Morgan fingerprint density at radius 1 is 1.05 bits per heavy atom. The van der Waals surface area contributed by atoms with E-state index in [9.17, 15) is 26.8 Å². The predicted octanol–water partition coefficient (Wildman–Crippen LogP) is 3.58. The van der Waals surface area contributed by atoms with Crippen LogP contribution in [0, 0.1) is 24.4 Å². The summed E-state index contributed by atoms with van der Waals surface area (Å²) in [5.74, 6) is -3.55. The molecule has 1 fully saturated rings. The number of pyridine rings is 2. The smallest absolute Gasteiger partial charge is 0.349 e. The summed E-state index contributed by atoms with van der Waals surface area (Å²) in [6.45, 7) is 9.00. The molecule has 1 amide bonds. The van der Waals surface area contributed by atoms with Crippen molar-refractivity contribution in [2.45, 2.75) is 37.8 Å². The second-order valence-electron chi connectivity index (χ2n) is 10.4. The highest BCUT2D eigenvalue weighted by Crippen LogP contribution is 2.35. The van der Waals surface area contributed by atoms with Gasteiger partial charge in [0, 0.05) is 37.6 Å². The van der Waals surface area contributed by atoms with Gasteiger partial charge in [-0.2, -0.15) is 4.98 Å². The zero-order valence-corrected chi connectivity index (χ0v) is 24.5. The van der Waals surface area contributed by atoms with Crippen molar-refractivity contribution in [2.75, 3.05) is 24.2 Å². The third-order valence-electron chi connectivity index (χ3n) is 7.41. The Balaban J connectivity index is 1.87. The molecule has 14 heteroatoms. The molecular formula is C29H27F3N6O4S.